The van der Waals surface area contributed by atoms with Gasteiger partial charge < -0.3 is 19.4 Å². The van der Waals surface area contributed by atoms with Crippen molar-refractivity contribution in [2.75, 3.05) is 14.2 Å². The smallest absolute Gasteiger partial charge is 0.166 e. The lowest BCUT2D eigenvalue weighted by Crippen LogP contribution is -1.95. The van der Waals surface area contributed by atoms with E-state index in [2.05, 4.69) is 45.1 Å². The van der Waals surface area contributed by atoms with Gasteiger partial charge in [0.15, 0.2) is 10.1 Å². The standard InChI is InChI=1S/C7H6BrFO.C4H6O2S.C3H6OS/c1-10-7-3-2-5(9)4-6(7)8;1-6-4(7)2-3-5;1-2-3(4)5/h2-4H,1H3;3H,2H2,1H3;2H2,1H3,(H,4,5). The van der Waals surface area contributed by atoms with E-state index >= 15 is 0 Å². The predicted molar refractivity (Wildman–Crippen MR) is 96.5 cm³/mol. The van der Waals surface area contributed by atoms with E-state index in [0.29, 0.717) is 28.0 Å². The lowest BCUT2D eigenvalue weighted by Gasteiger charge is -2.00. The summed E-state index contributed by atoms with van der Waals surface area (Å²) in [7, 11) is 2.99. The molecule has 22 heavy (non-hydrogen) atoms. The first-order valence-electron chi connectivity index (χ1n) is 6.03. The fourth-order valence-electron chi connectivity index (χ4n) is 0.792. The third kappa shape index (κ3) is 13.8. The highest BCUT2D eigenvalue weighted by atomic mass is 79.9. The second-order valence-electron chi connectivity index (χ2n) is 3.47. The zero-order valence-corrected chi connectivity index (χ0v) is 15.7. The second kappa shape index (κ2) is 14.8. The quantitative estimate of drug-likeness (QED) is 0.582. The highest BCUT2D eigenvalue weighted by molar-refractivity contribution is 9.10. The maximum Gasteiger partial charge on any atom is 0.166 e. The summed E-state index contributed by atoms with van der Waals surface area (Å²) in [6.07, 6.45) is 1.53. The number of ether oxygens (including phenoxy) is 2. The van der Waals surface area contributed by atoms with Crippen LogP contribution in [0.1, 0.15) is 19.8 Å². The van der Waals surface area contributed by atoms with Crippen molar-refractivity contribution in [2.45, 2.75) is 19.8 Å². The van der Waals surface area contributed by atoms with Crippen LogP contribution >= 0.6 is 40.4 Å². The van der Waals surface area contributed by atoms with Crippen LogP contribution in [0, 0.1) is 5.82 Å². The van der Waals surface area contributed by atoms with E-state index in [9.17, 15) is 9.18 Å². The van der Waals surface area contributed by atoms with Crippen molar-refractivity contribution in [1.82, 2.24) is 0 Å². The van der Waals surface area contributed by atoms with Crippen LogP contribution in [0.15, 0.2) is 22.7 Å². The highest BCUT2D eigenvalue weighted by Gasteiger charge is 1.98. The molecule has 0 atom stereocenters. The van der Waals surface area contributed by atoms with E-state index in [-0.39, 0.29) is 17.3 Å². The van der Waals surface area contributed by atoms with Crippen molar-refractivity contribution in [2.24, 2.45) is 0 Å². The maximum atomic E-state index is 12.4. The number of aliphatic hydroxyl groups is 1. The minimum absolute atomic E-state index is 0.0880. The van der Waals surface area contributed by atoms with Gasteiger partial charge in [0.05, 0.1) is 25.1 Å². The molecule has 8 heteroatoms. The van der Waals surface area contributed by atoms with Crippen molar-refractivity contribution in [3.05, 3.63) is 28.5 Å². The van der Waals surface area contributed by atoms with Crippen molar-refractivity contribution in [1.29, 1.82) is 0 Å². The van der Waals surface area contributed by atoms with Crippen molar-refractivity contribution in [3.8, 4) is 5.75 Å². The Labute approximate surface area is 148 Å². The summed E-state index contributed by atoms with van der Waals surface area (Å²) in [6, 6.07) is 4.28. The number of hydrogen-bond donors (Lipinski definition) is 1. The Kier molecular flexibility index (Phi) is 15.6. The van der Waals surface area contributed by atoms with Crippen LogP contribution in [0.3, 0.4) is 0 Å². The van der Waals surface area contributed by atoms with Gasteiger partial charge in [-0.2, -0.15) is 0 Å². The Balaban J connectivity index is 0. The monoisotopic (exact) mass is 412 g/mol. The molecule has 0 fully saturated rings. The first kappa shape index (κ1) is 23.2. The van der Waals surface area contributed by atoms with Crippen LogP contribution in [0.5, 0.6) is 5.75 Å². The van der Waals surface area contributed by atoms with E-state index in [4.69, 9.17) is 9.84 Å². The SMILES string of the molecule is CCC(O)=S.COC(=S)CC=O.COc1ccc(F)cc1Br. The molecule has 0 radical (unpaired) electrons. The first-order valence-corrected chi connectivity index (χ1v) is 7.64. The highest BCUT2D eigenvalue weighted by Crippen LogP contribution is 2.24. The van der Waals surface area contributed by atoms with E-state index in [1.165, 1.54) is 26.4 Å². The van der Waals surface area contributed by atoms with Gasteiger partial charge in [0.25, 0.3) is 0 Å². The van der Waals surface area contributed by atoms with Crippen molar-refractivity contribution in [3.63, 3.8) is 0 Å². The summed E-state index contributed by atoms with van der Waals surface area (Å²) in [4.78, 5) is 9.61. The average molecular weight is 413 g/mol. The summed E-state index contributed by atoms with van der Waals surface area (Å²) in [5.41, 5.74) is 0. The van der Waals surface area contributed by atoms with Gasteiger partial charge in [0, 0.05) is 6.42 Å². The summed E-state index contributed by atoms with van der Waals surface area (Å²) in [5.74, 6) is 0.370. The van der Waals surface area contributed by atoms with Crippen LogP contribution in [0.2, 0.25) is 0 Å². The Hall–Kier alpha value is -1.12. The molecular formula is C14H18BrFO4S2. The van der Waals surface area contributed by atoms with E-state index in [1.807, 2.05) is 6.92 Å². The Bertz CT molecular complexity index is 484. The molecule has 0 aliphatic rings. The Morgan fingerprint density at radius 1 is 1.41 bits per heavy atom. The van der Waals surface area contributed by atoms with Gasteiger partial charge in [-0.05, 0) is 58.6 Å². The molecule has 0 unspecified atom stereocenters. The molecule has 0 aromatic heterocycles. The number of aldehydes is 1. The fraction of sp³-hybridized carbons (Fsp3) is 0.357. The largest absolute Gasteiger partial charge is 0.502 e. The number of halogens is 2. The molecule has 124 valence electrons. The summed E-state index contributed by atoms with van der Waals surface area (Å²) < 4.78 is 22.4. The number of methoxy groups -OCH3 is 2. The molecule has 0 heterocycles. The van der Waals surface area contributed by atoms with Gasteiger partial charge in [0.1, 0.15) is 17.9 Å². The topological polar surface area (TPSA) is 55.8 Å². The molecule has 1 N–H and O–H groups in total. The van der Waals surface area contributed by atoms with Gasteiger partial charge >= 0.3 is 0 Å². The Morgan fingerprint density at radius 2 is 1.95 bits per heavy atom. The number of rotatable bonds is 4. The number of hydrogen-bond acceptors (Lipinski definition) is 5. The normalized spacial score (nSPS) is 8.41. The minimum Gasteiger partial charge on any atom is -0.502 e. The molecule has 1 rings (SSSR count). The van der Waals surface area contributed by atoms with Gasteiger partial charge in [-0.1, -0.05) is 6.92 Å². The molecule has 0 saturated heterocycles. The number of carbonyl (C=O) groups is 1. The lowest BCUT2D eigenvalue weighted by atomic mass is 10.3. The summed E-state index contributed by atoms with van der Waals surface area (Å²) in [6.45, 7) is 1.81. The molecule has 0 bridgehead atoms. The molecular weight excluding hydrogens is 395 g/mol. The third-order valence-corrected chi connectivity index (χ3v) is 3.14. The first-order chi connectivity index (χ1) is 10.3. The van der Waals surface area contributed by atoms with Crippen molar-refractivity contribution >= 4 is 56.8 Å². The molecule has 4 nitrogen and oxygen atoms in total. The maximum absolute atomic E-state index is 12.4. The zero-order valence-electron chi connectivity index (χ0n) is 12.5. The van der Waals surface area contributed by atoms with E-state index in [1.54, 1.807) is 6.07 Å². The van der Waals surface area contributed by atoms with Gasteiger partial charge in [-0.25, -0.2) is 4.39 Å². The second-order valence-corrected chi connectivity index (χ2v) is 5.25. The molecule has 0 amide bonds. The molecule has 1 aromatic carbocycles. The number of carbonyl (C=O) groups excluding carboxylic acids is 1. The van der Waals surface area contributed by atoms with E-state index < -0.39 is 0 Å². The molecule has 1 aromatic rings. The van der Waals surface area contributed by atoms with Crippen LogP contribution in [0.25, 0.3) is 0 Å². The van der Waals surface area contributed by atoms with Crippen molar-refractivity contribution < 1.29 is 23.8 Å². The fourth-order valence-corrected chi connectivity index (χ4v) is 1.37. The summed E-state index contributed by atoms with van der Waals surface area (Å²) in [5, 5.41) is 8.52. The van der Waals surface area contributed by atoms with Gasteiger partial charge in [-0.15, -0.1) is 0 Å². The van der Waals surface area contributed by atoms with Crippen LogP contribution in [-0.2, 0) is 9.53 Å². The van der Waals surface area contributed by atoms with Crippen LogP contribution in [0.4, 0.5) is 4.39 Å². The van der Waals surface area contributed by atoms with Crippen LogP contribution in [-0.4, -0.2) is 35.7 Å². The molecule has 0 aliphatic carbocycles. The average Bonchev–Trinajstić information content (AvgIpc) is 2.48. The molecule has 0 aliphatic heterocycles. The van der Waals surface area contributed by atoms with Gasteiger partial charge in [-0.3, -0.25) is 0 Å². The minimum atomic E-state index is -0.271. The predicted octanol–water partition coefficient (Wildman–Crippen LogP) is 4.43. The zero-order chi connectivity index (χ0) is 17.5. The number of benzene rings is 1. The van der Waals surface area contributed by atoms with Crippen LogP contribution < -0.4 is 4.74 Å². The Morgan fingerprint density at radius 3 is 2.23 bits per heavy atom. The number of thiocarbonyl (C=S) groups is 2. The number of aliphatic hydroxyl groups excluding tert-OH is 1. The molecule has 0 spiro atoms. The van der Waals surface area contributed by atoms with E-state index in [0.717, 1.165) is 0 Å². The summed E-state index contributed by atoms with van der Waals surface area (Å²) >= 11 is 11.9. The third-order valence-electron chi connectivity index (χ3n) is 1.89. The van der Waals surface area contributed by atoms with Gasteiger partial charge in [0.2, 0.25) is 0 Å². The molecule has 0 saturated carbocycles. The lowest BCUT2D eigenvalue weighted by molar-refractivity contribution is -0.107.